The maximum Gasteiger partial charge on any atom is 0.222 e. The van der Waals surface area contributed by atoms with Crippen molar-refractivity contribution >= 4 is 17.5 Å². The predicted molar refractivity (Wildman–Crippen MR) is 121 cm³/mol. The largest absolute Gasteiger partial charge is 0.392 e. The molecule has 0 unspecified atom stereocenters. The molecule has 30 heavy (non-hydrogen) atoms. The van der Waals surface area contributed by atoms with E-state index in [2.05, 4.69) is 6.08 Å². The van der Waals surface area contributed by atoms with E-state index in [0.717, 1.165) is 37.7 Å². The molecule has 2 aliphatic carbocycles. The van der Waals surface area contributed by atoms with Crippen molar-refractivity contribution in [2.75, 3.05) is 14.1 Å². The molecule has 0 aromatic heterocycles. The first-order valence-electron chi connectivity index (χ1n) is 11.0. The Hall–Kier alpha value is -1.62. The van der Waals surface area contributed by atoms with Gasteiger partial charge >= 0.3 is 0 Å². The van der Waals surface area contributed by atoms with E-state index in [1.807, 2.05) is 36.4 Å². The van der Waals surface area contributed by atoms with Gasteiger partial charge in [-0.3, -0.25) is 4.79 Å². The van der Waals surface area contributed by atoms with Crippen LogP contribution in [0.1, 0.15) is 44.1 Å². The molecule has 0 aliphatic heterocycles. The minimum Gasteiger partial charge on any atom is -0.392 e. The summed E-state index contributed by atoms with van der Waals surface area (Å²) in [5.41, 5.74) is 2.47. The lowest BCUT2D eigenvalue weighted by atomic mass is 9.88. The molecule has 164 valence electrons. The summed E-state index contributed by atoms with van der Waals surface area (Å²) in [6, 6.07) is 7.55. The molecule has 5 atom stereocenters. The summed E-state index contributed by atoms with van der Waals surface area (Å²) in [5, 5.41) is 21.6. The zero-order valence-electron chi connectivity index (χ0n) is 18.0. The quantitative estimate of drug-likeness (QED) is 0.450. The van der Waals surface area contributed by atoms with E-state index in [-0.39, 0.29) is 17.9 Å². The van der Waals surface area contributed by atoms with Crippen LogP contribution in [-0.4, -0.2) is 47.3 Å². The van der Waals surface area contributed by atoms with Gasteiger partial charge in [-0.25, -0.2) is 0 Å². The van der Waals surface area contributed by atoms with Gasteiger partial charge in [-0.1, -0.05) is 47.5 Å². The van der Waals surface area contributed by atoms with Gasteiger partial charge in [-0.15, -0.1) is 0 Å². The van der Waals surface area contributed by atoms with Crippen molar-refractivity contribution in [1.82, 2.24) is 4.90 Å². The molecule has 0 heterocycles. The summed E-state index contributed by atoms with van der Waals surface area (Å²) in [6.45, 7) is 0. The predicted octanol–water partition coefficient (Wildman–Crippen LogP) is 4.39. The molecule has 1 aromatic rings. The number of benzene rings is 1. The molecule has 0 saturated heterocycles. The number of carbonyl (C=O) groups is 1. The molecule has 2 aliphatic rings. The maximum absolute atomic E-state index is 11.7. The fourth-order valence-electron chi connectivity index (χ4n) is 4.87. The van der Waals surface area contributed by atoms with E-state index in [1.54, 1.807) is 19.0 Å². The van der Waals surface area contributed by atoms with E-state index in [4.69, 9.17) is 11.6 Å². The van der Waals surface area contributed by atoms with Crippen LogP contribution in [-0.2, 0) is 11.2 Å². The van der Waals surface area contributed by atoms with Crippen LogP contribution in [0.2, 0.25) is 5.02 Å². The van der Waals surface area contributed by atoms with Crippen LogP contribution in [0.4, 0.5) is 0 Å². The molecule has 0 bridgehead atoms. The second-order valence-corrected chi connectivity index (χ2v) is 9.46. The highest BCUT2D eigenvalue weighted by molar-refractivity contribution is 6.30. The van der Waals surface area contributed by atoms with Crippen LogP contribution >= 0.6 is 11.6 Å². The minimum atomic E-state index is -0.585. The highest BCUT2D eigenvalue weighted by Gasteiger charge is 2.43. The molecule has 0 spiro atoms. The summed E-state index contributed by atoms with van der Waals surface area (Å²) >= 11 is 6.02. The van der Waals surface area contributed by atoms with Crippen molar-refractivity contribution in [2.24, 2.45) is 17.8 Å². The van der Waals surface area contributed by atoms with Crippen molar-refractivity contribution in [3.05, 3.63) is 58.7 Å². The van der Waals surface area contributed by atoms with E-state index in [0.29, 0.717) is 29.7 Å². The van der Waals surface area contributed by atoms with Gasteiger partial charge < -0.3 is 15.1 Å². The monoisotopic (exact) mass is 431 g/mol. The van der Waals surface area contributed by atoms with Crippen molar-refractivity contribution in [1.29, 1.82) is 0 Å². The van der Waals surface area contributed by atoms with Gasteiger partial charge in [0.2, 0.25) is 5.91 Å². The first kappa shape index (κ1) is 23.1. The summed E-state index contributed by atoms with van der Waals surface area (Å²) in [4.78, 5) is 13.3. The first-order chi connectivity index (χ1) is 14.3. The lowest BCUT2D eigenvalue weighted by molar-refractivity contribution is -0.128. The smallest absolute Gasteiger partial charge is 0.222 e. The fourth-order valence-corrected chi connectivity index (χ4v) is 5.09. The average molecular weight is 432 g/mol. The molecule has 1 amide bonds. The molecular formula is C25H34ClNO3. The third-order valence-corrected chi connectivity index (χ3v) is 6.71. The Morgan fingerprint density at radius 3 is 2.87 bits per heavy atom. The van der Waals surface area contributed by atoms with Gasteiger partial charge in [0.15, 0.2) is 0 Å². The molecule has 5 heteroatoms. The second kappa shape index (κ2) is 10.6. The third-order valence-electron chi connectivity index (χ3n) is 6.48. The van der Waals surface area contributed by atoms with Crippen LogP contribution in [0, 0.1) is 17.8 Å². The molecule has 4 nitrogen and oxygen atoms in total. The van der Waals surface area contributed by atoms with Crippen LogP contribution in [0.3, 0.4) is 0 Å². The Balaban J connectivity index is 1.47. The van der Waals surface area contributed by atoms with E-state index in [1.165, 1.54) is 5.57 Å². The first-order valence-corrected chi connectivity index (χ1v) is 11.4. The van der Waals surface area contributed by atoms with Crippen LogP contribution < -0.4 is 0 Å². The van der Waals surface area contributed by atoms with Gasteiger partial charge in [-0.05, 0) is 61.6 Å². The number of hydrogen-bond donors (Lipinski definition) is 2. The number of amides is 1. The van der Waals surface area contributed by atoms with Crippen molar-refractivity contribution in [3.8, 4) is 0 Å². The normalized spacial score (nSPS) is 26.6. The lowest BCUT2D eigenvalue weighted by Crippen LogP contribution is -2.21. The number of hydrogen-bond acceptors (Lipinski definition) is 3. The number of allylic oxidation sites excluding steroid dienone is 2. The minimum absolute atomic E-state index is 0.0908. The Kier molecular flexibility index (Phi) is 8.15. The van der Waals surface area contributed by atoms with Gasteiger partial charge in [-0.2, -0.15) is 0 Å². The summed E-state index contributed by atoms with van der Waals surface area (Å²) in [7, 11) is 3.60. The van der Waals surface area contributed by atoms with Crippen molar-refractivity contribution in [2.45, 2.75) is 57.2 Å². The lowest BCUT2D eigenvalue weighted by Gasteiger charge is -2.19. The summed E-state index contributed by atoms with van der Waals surface area (Å²) < 4.78 is 0. The molecular weight excluding hydrogens is 398 g/mol. The Labute approximate surface area is 185 Å². The number of fused-ring (bicyclic) bond motifs is 1. The second-order valence-electron chi connectivity index (χ2n) is 9.02. The molecule has 1 fully saturated rings. The Bertz CT molecular complexity index is 788. The molecule has 3 rings (SSSR count). The number of unbranched alkanes of at least 4 members (excludes halogenated alkanes) is 1. The van der Waals surface area contributed by atoms with E-state index in [9.17, 15) is 15.0 Å². The SMILES string of the molecule is CN(C)C(=O)CCCCC1=C[C@H]2C[C@@H](O)[C@H](/C=C/[C@@H](O)Cc3cccc(Cl)c3)[C@H]2C1. The number of rotatable bonds is 9. The van der Waals surface area contributed by atoms with Gasteiger partial charge in [0, 0.05) is 37.9 Å². The molecule has 1 saturated carbocycles. The Morgan fingerprint density at radius 2 is 2.13 bits per heavy atom. The summed E-state index contributed by atoms with van der Waals surface area (Å²) in [6.07, 6.45) is 11.2. The zero-order valence-corrected chi connectivity index (χ0v) is 18.8. The maximum atomic E-state index is 11.7. The summed E-state index contributed by atoms with van der Waals surface area (Å²) in [5.74, 6) is 1.14. The highest BCUT2D eigenvalue weighted by atomic mass is 35.5. The van der Waals surface area contributed by atoms with Crippen LogP contribution in [0.5, 0.6) is 0 Å². The van der Waals surface area contributed by atoms with Gasteiger partial charge in [0.05, 0.1) is 12.2 Å². The van der Waals surface area contributed by atoms with Crippen molar-refractivity contribution < 1.29 is 15.0 Å². The zero-order chi connectivity index (χ0) is 21.7. The number of aliphatic hydroxyl groups is 2. The number of carbonyl (C=O) groups excluding carboxylic acids is 1. The fraction of sp³-hybridized carbons (Fsp3) is 0.560. The molecule has 1 aromatic carbocycles. The number of aliphatic hydroxyl groups excluding tert-OH is 2. The van der Waals surface area contributed by atoms with Crippen LogP contribution in [0.25, 0.3) is 0 Å². The topological polar surface area (TPSA) is 60.8 Å². The molecule has 2 N–H and O–H groups in total. The van der Waals surface area contributed by atoms with Gasteiger partial charge in [0.1, 0.15) is 0 Å². The molecule has 0 radical (unpaired) electrons. The standard InChI is InChI=1S/C25H34ClNO3/c1-27(2)25(30)9-4-3-6-17-12-19-16-24(29)22(23(19)15-17)11-10-21(28)14-18-7-5-8-20(26)13-18/h5,7-8,10-13,19,21-24,28-29H,3-4,6,9,14-16H2,1-2H3/b11-10+/t19-,21+,22+,23-,24+/m0/s1. The highest BCUT2D eigenvalue weighted by Crippen LogP contribution is 2.48. The third kappa shape index (κ3) is 6.19. The van der Waals surface area contributed by atoms with E-state index >= 15 is 0 Å². The van der Waals surface area contributed by atoms with Gasteiger partial charge in [0.25, 0.3) is 0 Å². The van der Waals surface area contributed by atoms with Crippen molar-refractivity contribution in [3.63, 3.8) is 0 Å². The van der Waals surface area contributed by atoms with Crippen LogP contribution in [0.15, 0.2) is 48.1 Å². The average Bonchev–Trinajstić information content (AvgIpc) is 3.19. The number of halogens is 1. The van der Waals surface area contributed by atoms with E-state index < -0.39 is 6.10 Å². The number of nitrogens with zero attached hydrogens (tertiary/aromatic N) is 1. The Morgan fingerprint density at radius 1 is 1.33 bits per heavy atom.